The normalized spacial score (nSPS) is 10.1. The number of aryl methyl sites for hydroxylation is 1. The number of hydrogen-bond donors (Lipinski definition) is 2. The summed E-state index contributed by atoms with van der Waals surface area (Å²) in [5.74, 6) is -0.540. The van der Waals surface area contributed by atoms with E-state index in [4.69, 9.17) is 4.74 Å². The average Bonchev–Trinajstić information content (AvgIpc) is 2.56. The van der Waals surface area contributed by atoms with Gasteiger partial charge in [-0.25, -0.2) is 0 Å². The molecule has 0 aromatic heterocycles. The first-order valence-corrected chi connectivity index (χ1v) is 7.38. The zero-order chi connectivity index (χ0) is 16.5. The topological polar surface area (TPSA) is 67.4 Å². The van der Waals surface area contributed by atoms with Crippen LogP contribution >= 0.6 is 0 Å². The van der Waals surface area contributed by atoms with Crippen molar-refractivity contribution >= 4 is 17.5 Å². The maximum absolute atomic E-state index is 11.7. The van der Waals surface area contributed by atoms with Crippen LogP contribution in [-0.2, 0) is 20.9 Å². The second-order valence-electron chi connectivity index (χ2n) is 5.17. The molecule has 0 aliphatic rings. The maximum Gasteiger partial charge on any atom is 0.250 e. The van der Waals surface area contributed by atoms with Crippen LogP contribution in [0.25, 0.3) is 0 Å². The van der Waals surface area contributed by atoms with Gasteiger partial charge in [-0.2, -0.15) is 0 Å². The molecule has 0 radical (unpaired) electrons. The summed E-state index contributed by atoms with van der Waals surface area (Å²) in [7, 11) is 0. The number of benzene rings is 2. The Morgan fingerprint density at radius 2 is 1.57 bits per heavy atom. The second-order valence-corrected chi connectivity index (χ2v) is 5.17. The van der Waals surface area contributed by atoms with Crippen LogP contribution < -0.4 is 10.6 Å². The molecule has 0 bridgehead atoms. The van der Waals surface area contributed by atoms with Crippen molar-refractivity contribution in [2.75, 3.05) is 18.5 Å². The highest BCUT2D eigenvalue weighted by Crippen LogP contribution is 2.08. The Bertz CT molecular complexity index is 639. The monoisotopic (exact) mass is 312 g/mol. The van der Waals surface area contributed by atoms with E-state index in [1.807, 2.05) is 61.5 Å². The highest BCUT2D eigenvalue weighted by molar-refractivity contribution is 5.91. The number of nitrogens with one attached hydrogen (secondary N) is 2. The molecule has 0 atom stereocenters. The number of carbonyl (C=O) groups is 2. The first-order valence-electron chi connectivity index (χ1n) is 7.38. The molecule has 0 saturated carbocycles. The summed E-state index contributed by atoms with van der Waals surface area (Å²) in [6.07, 6.45) is 0. The molecule has 0 spiro atoms. The van der Waals surface area contributed by atoms with Gasteiger partial charge in [0.05, 0.1) is 0 Å². The van der Waals surface area contributed by atoms with E-state index in [2.05, 4.69) is 10.6 Å². The van der Waals surface area contributed by atoms with Crippen molar-refractivity contribution in [3.63, 3.8) is 0 Å². The van der Waals surface area contributed by atoms with Gasteiger partial charge < -0.3 is 15.4 Å². The summed E-state index contributed by atoms with van der Waals surface area (Å²) in [4.78, 5) is 23.3. The summed E-state index contributed by atoms with van der Waals surface area (Å²) in [5, 5.41) is 5.44. The minimum absolute atomic E-state index is 0.145. The van der Waals surface area contributed by atoms with Crippen LogP contribution in [0, 0.1) is 6.92 Å². The molecule has 120 valence electrons. The number of anilines is 1. The molecule has 5 nitrogen and oxygen atoms in total. The molecule has 2 rings (SSSR count). The summed E-state index contributed by atoms with van der Waals surface area (Å²) < 4.78 is 5.12. The molecule has 0 heterocycles. The maximum atomic E-state index is 11.7. The molecule has 2 aromatic rings. The van der Waals surface area contributed by atoms with Crippen molar-refractivity contribution in [3.8, 4) is 0 Å². The van der Waals surface area contributed by atoms with Gasteiger partial charge in [0.2, 0.25) is 11.8 Å². The smallest absolute Gasteiger partial charge is 0.250 e. The van der Waals surface area contributed by atoms with Crippen LogP contribution in [0.1, 0.15) is 11.1 Å². The Hall–Kier alpha value is -2.66. The molecule has 2 aromatic carbocycles. The SMILES string of the molecule is Cc1ccc(NC(=O)COCC(=O)NCc2ccccc2)cc1. The van der Waals surface area contributed by atoms with Crippen LogP contribution in [0.2, 0.25) is 0 Å². The van der Waals surface area contributed by atoms with Gasteiger partial charge in [-0.15, -0.1) is 0 Å². The number of ether oxygens (including phenoxy) is 1. The van der Waals surface area contributed by atoms with E-state index in [0.29, 0.717) is 12.2 Å². The summed E-state index contributed by atoms with van der Waals surface area (Å²) in [6.45, 7) is 2.11. The highest BCUT2D eigenvalue weighted by Gasteiger charge is 2.05. The molecule has 0 fully saturated rings. The average molecular weight is 312 g/mol. The first-order chi connectivity index (χ1) is 11.1. The Morgan fingerprint density at radius 1 is 0.913 bits per heavy atom. The van der Waals surface area contributed by atoms with Gasteiger partial charge in [-0.1, -0.05) is 48.0 Å². The van der Waals surface area contributed by atoms with Gasteiger partial charge in [-0.05, 0) is 24.6 Å². The van der Waals surface area contributed by atoms with Gasteiger partial charge in [-0.3, -0.25) is 9.59 Å². The Morgan fingerprint density at radius 3 is 2.26 bits per heavy atom. The summed E-state index contributed by atoms with van der Waals surface area (Å²) in [6, 6.07) is 17.1. The zero-order valence-corrected chi connectivity index (χ0v) is 13.0. The van der Waals surface area contributed by atoms with E-state index in [0.717, 1.165) is 11.1 Å². The third-order valence-electron chi connectivity index (χ3n) is 3.13. The van der Waals surface area contributed by atoms with E-state index < -0.39 is 0 Å². The second kappa shape index (κ2) is 8.70. The third-order valence-corrected chi connectivity index (χ3v) is 3.13. The van der Waals surface area contributed by atoms with Crippen molar-refractivity contribution in [1.82, 2.24) is 5.32 Å². The Labute approximate surface area is 135 Å². The molecule has 5 heteroatoms. The predicted octanol–water partition coefficient (Wildman–Crippen LogP) is 2.27. The van der Waals surface area contributed by atoms with Crippen molar-refractivity contribution in [2.24, 2.45) is 0 Å². The lowest BCUT2D eigenvalue weighted by molar-refractivity contribution is -0.128. The van der Waals surface area contributed by atoms with Crippen molar-refractivity contribution < 1.29 is 14.3 Å². The minimum Gasteiger partial charge on any atom is -0.362 e. The van der Waals surface area contributed by atoms with Crippen LogP contribution in [0.15, 0.2) is 54.6 Å². The van der Waals surface area contributed by atoms with Crippen LogP contribution in [0.5, 0.6) is 0 Å². The van der Waals surface area contributed by atoms with Gasteiger partial charge in [0.25, 0.3) is 0 Å². The molecule has 2 amide bonds. The molecular formula is C18H20N2O3. The molecular weight excluding hydrogens is 292 g/mol. The molecule has 23 heavy (non-hydrogen) atoms. The summed E-state index contributed by atoms with van der Waals surface area (Å²) >= 11 is 0. The molecule has 0 aliphatic heterocycles. The molecule has 0 aliphatic carbocycles. The van der Waals surface area contributed by atoms with Crippen molar-refractivity contribution in [3.05, 3.63) is 65.7 Å². The van der Waals surface area contributed by atoms with E-state index in [1.54, 1.807) is 0 Å². The fourth-order valence-electron chi connectivity index (χ4n) is 1.92. The van der Waals surface area contributed by atoms with Crippen LogP contribution in [0.3, 0.4) is 0 Å². The number of amides is 2. The quantitative estimate of drug-likeness (QED) is 0.824. The van der Waals surface area contributed by atoms with Crippen molar-refractivity contribution in [2.45, 2.75) is 13.5 Å². The van der Waals surface area contributed by atoms with E-state index >= 15 is 0 Å². The molecule has 0 saturated heterocycles. The predicted molar refractivity (Wildman–Crippen MR) is 88.9 cm³/mol. The van der Waals surface area contributed by atoms with E-state index in [1.165, 1.54) is 0 Å². The van der Waals surface area contributed by atoms with Gasteiger partial charge in [0, 0.05) is 12.2 Å². The highest BCUT2D eigenvalue weighted by atomic mass is 16.5. The summed E-state index contributed by atoms with van der Waals surface area (Å²) in [5.41, 5.74) is 2.84. The van der Waals surface area contributed by atoms with Crippen LogP contribution in [-0.4, -0.2) is 25.0 Å². The lowest BCUT2D eigenvalue weighted by Crippen LogP contribution is -2.29. The fourth-order valence-corrected chi connectivity index (χ4v) is 1.92. The molecule has 2 N–H and O–H groups in total. The third kappa shape index (κ3) is 6.32. The first kappa shape index (κ1) is 16.7. The van der Waals surface area contributed by atoms with Gasteiger partial charge in [0.1, 0.15) is 13.2 Å². The zero-order valence-electron chi connectivity index (χ0n) is 13.0. The number of hydrogen-bond acceptors (Lipinski definition) is 3. The number of rotatable bonds is 7. The Kier molecular flexibility index (Phi) is 6.32. The largest absolute Gasteiger partial charge is 0.362 e. The van der Waals surface area contributed by atoms with Gasteiger partial charge >= 0.3 is 0 Å². The number of carbonyl (C=O) groups excluding carboxylic acids is 2. The standard InChI is InChI=1S/C18H20N2O3/c1-14-7-9-16(10-8-14)20-18(22)13-23-12-17(21)19-11-15-5-3-2-4-6-15/h2-10H,11-13H2,1H3,(H,19,21)(H,20,22). The van der Waals surface area contributed by atoms with E-state index in [9.17, 15) is 9.59 Å². The van der Waals surface area contributed by atoms with E-state index in [-0.39, 0.29) is 25.0 Å². The minimum atomic E-state index is -0.287. The Balaban J connectivity index is 1.63. The van der Waals surface area contributed by atoms with Gasteiger partial charge in [0.15, 0.2) is 0 Å². The molecule has 0 unspecified atom stereocenters. The lowest BCUT2D eigenvalue weighted by atomic mass is 10.2. The lowest BCUT2D eigenvalue weighted by Gasteiger charge is -2.07. The fraction of sp³-hybridized carbons (Fsp3) is 0.222. The van der Waals surface area contributed by atoms with Crippen molar-refractivity contribution in [1.29, 1.82) is 0 Å². The van der Waals surface area contributed by atoms with Crippen LogP contribution in [0.4, 0.5) is 5.69 Å².